The van der Waals surface area contributed by atoms with Crippen molar-refractivity contribution in [1.29, 1.82) is 0 Å². The number of carboxylic acids is 1. The number of hydrogen-bond donors (Lipinski definition) is 2. The van der Waals surface area contributed by atoms with E-state index in [9.17, 15) is 9.18 Å². The van der Waals surface area contributed by atoms with Crippen LogP contribution in [-0.4, -0.2) is 17.6 Å². The number of carbonyl (C=O) groups is 1. The summed E-state index contributed by atoms with van der Waals surface area (Å²) < 4.78 is 13.2. The summed E-state index contributed by atoms with van der Waals surface area (Å²) in [6.07, 6.45) is 0. The Morgan fingerprint density at radius 2 is 2.27 bits per heavy atom. The lowest BCUT2D eigenvalue weighted by molar-refractivity contribution is -0.132. The van der Waals surface area contributed by atoms with Crippen LogP contribution in [-0.2, 0) is 4.79 Å². The number of carboxylic acid groups (broad SMARTS) is 1. The highest BCUT2D eigenvalue weighted by molar-refractivity contribution is 6.30. The van der Waals surface area contributed by atoms with Gasteiger partial charge < -0.3 is 10.4 Å². The molecule has 0 aliphatic heterocycles. The number of benzene rings is 1. The SMILES string of the molecule is C=C(CNc1ccc(Cl)cc1F)C(=O)O. The normalized spacial score (nSPS) is 9.73. The summed E-state index contributed by atoms with van der Waals surface area (Å²) >= 11 is 5.55. The monoisotopic (exact) mass is 229 g/mol. The van der Waals surface area contributed by atoms with E-state index >= 15 is 0 Å². The first-order chi connectivity index (χ1) is 7.00. The Kier molecular flexibility index (Phi) is 3.68. The van der Waals surface area contributed by atoms with Crippen LogP contribution in [0.25, 0.3) is 0 Å². The number of halogens is 2. The molecule has 0 spiro atoms. The molecular formula is C10H9ClFNO2. The summed E-state index contributed by atoms with van der Waals surface area (Å²) in [5.41, 5.74) is 0.158. The third kappa shape index (κ3) is 3.25. The van der Waals surface area contributed by atoms with Crippen molar-refractivity contribution in [2.45, 2.75) is 0 Å². The minimum absolute atomic E-state index is 0.0200. The first kappa shape index (κ1) is 11.5. The Hall–Kier alpha value is -1.55. The quantitative estimate of drug-likeness (QED) is 0.780. The molecule has 80 valence electrons. The van der Waals surface area contributed by atoms with Crippen LogP contribution >= 0.6 is 11.6 Å². The molecule has 5 heteroatoms. The van der Waals surface area contributed by atoms with Crippen molar-refractivity contribution in [3.05, 3.63) is 41.2 Å². The molecule has 0 unspecified atom stereocenters. The molecule has 0 atom stereocenters. The van der Waals surface area contributed by atoms with Gasteiger partial charge in [-0.25, -0.2) is 9.18 Å². The molecule has 1 rings (SSSR count). The van der Waals surface area contributed by atoms with E-state index in [1.54, 1.807) is 0 Å². The number of aliphatic carboxylic acids is 1. The van der Waals surface area contributed by atoms with Gasteiger partial charge in [-0.15, -0.1) is 0 Å². The molecule has 0 aliphatic carbocycles. The van der Waals surface area contributed by atoms with Crippen LogP contribution in [0.2, 0.25) is 5.02 Å². The Bertz CT molecular complexity index is 406. The van der Waals surface area contributed by atoms with Crippen molar-refractivity contribution in [1.82, 2.24) is 0 Å². The van der Waals surface area contributed by atoms with Gasteiger partial charge in [0, 0.05) is 17.1 Å². The predicted octanol–water partition coefficient (Wildman–Crippen LogP) is 2.53. The van der Waals surface area contributed by atoms with E-state index in [-0.39, 0.29) is 22.8 Å². The standard InChI is InChI=1S/C10H9ClFNO2/c1-6(10(14)15)5-13-9-3-2-7(11)4-8(9)12/h2-4,13H,1,5H2,(H,14,15). The zero-order chi connectivity index (χ0) is 11.4. The van der Waals surface area contributed by atoms with Crippen molar-refractivity contribution in [2.75, 3.05) is 11.9 Å². The zero-order valence-electron chi connectivity index (χ0n) is 7.76. The molecule has 0 fully saturated rings. The van der Waals surface area contributed by atoms with Crippen LogP contribution < -0.4 is 5.32 Å². The molecule has 3 nitrogen and oxygen atoms in total. The van der Waals surface area contributed by atoms with E-state index in [4.69, 9.17) is 16.7 Å². The number of nitrogens with one attached hydrogen (secondary N) is 1. The maximum Gasteiger partial charge on any atom is 0.332 e. The summed E-state index contributed by atoms with van der Waals surface area (Å²) in [6.45, 7) is 3.29. The molecule has 1 aromatic rings. The fourth-order valence-electron chi connectivity index (χ4n) is 0.910. The van der Waals surface area contributed by atoms with Crippen molar-refractivity contribution in [2.24, 2.45) is 0 Å². The van der Waals surface area contributed by atoms with Gasteiger partial charge in [0.2, 0.25) is 0 Å². The molecule has 0 saturated carbocycles. The minimum Gasteiger partial charge on any atom is -0.478 e. The van der Waals surface area contributed by atoms with E-state index in [0.717, 1.165) is 6.07 Å². The average Bonchev–Trinajstić information content (AvgIpc) is 2.15. The van der Waals surface area contributed by atoms with Gasteiger partial charge in [0.25, 0.3) is 0 Å². The van der Waals surface area contributed by atoms with Crippen LogP contribution in [0.3, 0.4) is 0 Å². The van der Waals surface area contributed by atoms with Crippen LogP contribution in [0.5, 0.6) is 0 Å². The first-order valence-electron chi connectivity index (χ1n) is 4.10. The Labute approximate surface area is 91.2 Å². The van der Waals surface area contributed by atoms with Gasteiger partial charge in [-0.2, -0.15) is 0 Å². The van der Waals surface area contributed by atoms with Gasteiger partial charge in [0.05, 0.1) is 5.69 Å². The number of rotatable bonds is 4. The van der Waals surface area contributed by atoms with Gasteiger partial charge in [-0.05, 0) is 18.2 Å². The van der Waals surface area contributed by atoms with E-state index in [1.165, 1.54) is 12.1 Å². The van der Waals surface area contributed by atoms with Gasteiger partial charge >= 0.3 is 5.97 Å². The molecule has 0 amide bonds. The third-order valence-corrected chi connectivity index (χ3v) is 1.96. The predicted molar refractivity (Wildman–Crippen MR) is 56.7 cm³/mol. The Morgan fingerprint density at radius 1 is 1.60 bits per heavy atom. The molecule has 0 saturated heterocycles. The lowest BCUT2D eigenvalue weighted by atomic mass is 10.2. The fraction of sp³-hybridized carbons (Fsp3) is 0.100. The molecule has 2 N–H and O–H groups in total. The van der Waals surface area contributed by atoms with Crippen LogP contribution in [0.15, 0.2) is 30.4 Å². The highest BCUT2D eigenvalue weighted by Gasteiger charge is 2.06. The average molecular weight is 230 g/mol. The van der Waals surface area contributed by atoms with Crippen molar-refractivity contribution >= 4 is 23.3 Å². The van der Waals surface area contributed by atoms with Crippen LogP contribution in [0.4, 0.5) is 10.1 Å². The maximum atomic E-state index is 13.2. The number of hydrogen-bond acceptors (Lipinski definition) is 2. The molecule has 0 bridgehead atoms. The summed E-state index contributed by atoms with van der Waals surface area (Å²) in [5.74, 6) is -1.64. The Morgan fingerprint density at radius 3 is 2.80 bits per heavy atom. The van der Waals surface area contributed by atoms with Gasteiger partial charge in [0.15, 0.2) is 0 Å². The van der Waals surface area contributed by atoms with Crippen molar-refractivity contribution < 1.29 is 14.3 Å². The summed E-state index contributed by atoms with van der Waals surface area (Å²) in [6, 6.07) is 4.09. The summed E-state index contributed by atoms with van der Waals surface area (Å²) in [5, 5.41) is 11.4. The van der Waals surface area contributed by atoms with Crippen LogP contribution in [0, 0.1) is 5.82 Å². The third-order valence-electron chi connectivity index (χ3n) is 1.73. The van der Waals surface area contributed by atoms with Crippen LogP contribution in [0.1, 0.15) is 0 Å². The van der Waals surface area contributed by atoms with Crippen molar-refractivity contribution in [3.8, 4) is 0 Å². The fourth-order valence-corrected chi connectivity index (χ4v) is 1.07. The van der Waals surface area contributed by atoms with E-state index in [0.29, 0.717) is 0 Å². The second kappa shape index (κ2) is 4.79. The smallest absolute Gasteiger partial charge is 0.332 e. The molecule has 0 radical (unpaired) electrons. The molecule has 15 heavy (non-hydrogen) atoms. The van der Waals surface area contributed by atoms with Gasteiger partial charge in [-0.1, -0.05) is 18.2 Å². The molecule has 0 aliphatic rings. The largest absolute Gasteiger partial charge is 0.478 e. The summed E-state index contributed by atoms with van der Waals surface area (Å²) in [7, 11) is 0. The highest BCUT2D eigenvalue weighted by Crippen LogP contribution is 2.18. The zero-order valence-corrected chi connectivity index (χ0v) is 8.51. The van der Waals surface area contributed by atoms with E-state index in [1.807, 2.05) is 0 Å². The number of anilines is 1. The molecular weight excluding hydrogens is 221 g/mol. The van der Waals surface area contributed by atoms with Crippen molar-refractivity contribution in [3.63, 3.8) is 0 Å². The Balaban J connectivity index is 2.66. The first-order valence-corrected chi connectivity index (χ1v) is 4.48. The lowest BCUT2D eigenvalue weighted by Gasteiger charge is -2.07. The molecule has 1 aromatic carbocycles. The van der Waals surface area contributed by atoms with Gasteiger partial charge in [-0.3, -0.25) is 0 Å². The summed E-state index contributed by atoms with van der Waals surface area (Å²) in [4.78, 5) is 10.4. The molecule has 0 heterocycles. The minimum atomic E-state index is -1.11. The highest BCUT2D eigenvalue weighted by atomic mass is 35.5. The lowest BCUT2D eigenvalue weighted by Crippen LogP contribution is -2.11. The van der Waals surface area contributed by atoms with Gasteiger partial charge in [0.1, 0.15) is 5.82 Å². The van der Waals surface area contributed by atoms with E-state index in [2.05, 4.69) is 11.9 Å². The van der Waals surface area contributed by atoms with E-state index < -0.39 is 11.8 Å². The second-order valence-corrected chi connectivity index (χ2v) is 3.32. The maximum absolute atomic E-state index is 13.2. The topological polar surface area (TPSA) is 49.3 Å². The second-order valence-electron chi connectivity index (χ2n) is 2.89. The molecule has 0 aromatic heterocycles.